The topological polar surface area (TPSA) is 153 Å². The molecule has 1 aromatic heterocycles. The molecule has 0 aliphatic carbocycles. The van der Waals surface area contributed by atoms with Gasteiger partial charge in [0.1, 0.15) is 11.5 Å². The molecule has 0 radical (unpaired) electrons. The third-order valence-electron chi connectivity index (χ3n) is 6.75. The molecule has 0 spiro atoms. The fourth-order valence-corrected chi connectivity index (χ4v) is 5.00. The Morgan fingerprint density at radius 2 is 1.79 bits per heavy atom. The molecule has 1 fully saturated rings. The van der Waals surface area contributed by atoms with E-state index in [0.717, 1.165) is 31.5 Å². The highest BCUT2D eigenvalue weighted by Gasteiger charge is 2.42. The van der Waals surface area contributed by atoms with Gasteiger partial charge in [-0.15, -0.1) is 0 Å². The molecule has 0 bridgehead atoms. The number of carbonyl (C=O) groups is 3. The largest absolute Gasteiger partial charge is 0.478 e. The lowest BCUT2D eigenvalue weighted by molar-refractivity contribution is -0.134. The summed E-state index contributed by atoms with van der Waals surface area (Å²) in [6, 6.07) is 8.06. The lowest BCUT2D eigenvalue weighted by Gasteiger charge is -2.34. The number of nitrogens with zero attached hydrogens (tertiary/aromatic N) is 2. The van der Waals surface area contributed by atoms with Crippen LogP contribution in [-0.4, -0.2) is 56.3 Å². The second kappa shape index (κ2) is 10.7. The summed E-state index contributed by atoms with van der Waals surface area (Å²) in [6.45, 7) is 5.70. The number of amides is 1. The number of fused-ring (bicyclic) bond motifs is 2. The van der Waals surface area contributed by atoms with Gasteiger partial charge in [-0.25, -0.2) is 14.0 Å². The first kappa shape index (κ1) is 27.0. The summed E-state index contributed by atoms with van der Waals surface area (Å²) in [5.41, 5.74) is 1.86. The predicted octanol–water partition coefficient (Wildman–Crippen LogP) is 3.80. The van der Waals surface area contributed by atoms with E-state index < -0.39 is 23.5 Å². The van der Waals surface area contributed by atoms with Gasteiger partial charge < -0.3 is 25.2 Å². The molecule has 1 saturated heterocycles. The molecule has 2 aromatic carbocycles. The number of nitrogens with one attached hydrogen (secondary N) is 1. The van der Waals surface area contributed by atoms with Gasteiger partial charge in [0, 0.05) is 46.3 Å². The molecule has 38 heavy (non-hydrogen) atoms. The number of aliphatic hydroxyl groups is 1. The molecule has 10 nitrogen and oxygen atoms in total. The van der Waals surface area contributed by atoms with Crippen LogP contribution in [0.1, 0.15) is 60.6 Å². The van der Waals surface area contributed by atoms with Crippen molar-refractivity contribution in [2.45, 2.75) is 44.9 Å². The molecule has 11 heteroatoms. The Labute approximate surface area is 217 Å². The number of halogens is 1. The molecular weight excluding hydrogens is 497 g/mol. The van der Waals surface area contributed by atoms with E-state index in [0.29, 0.717) is 45.5 Å². The first-order valence-corrected chi connectivity index (χ1v) is 12.1. The van der Waals surface area contributed by atoms with E-state index in [2.05, 4.69) is 22.3 Å². The molecule has 4 N–H and O–H groups in total. The van der Waals surface area contributed by atoms with E-state index in [-0.39, 0.29) is 11.9 Å². The average molecular weight is 526 g/mol. The number of hydrogen-bond donors (Lipinski definition) is 4. The summed E-state index contributed by atoms with van der Waals surface area (Å²) in [5.74, 6) is -3.25. The molecule has 0 saturated carbocycles. The first-order valence-electron chi connectivity index (χ1n) is 12.1. The van der Waals surface area contributed by atoms with E-state index >= 15 is 0 Å². The summed E-state index contributed by atoms with van der Waals surface area (Å²) >= 11 is 0. The highest BCUT2D eigenvalue weighted by Crippen LogP contribution is 2.44. The monoisotopic (exact) mass is 525 g/mol. The Hall–Kier alpha value is -4.09. The maximum atomic E-state index is 13.7. The van der Waals surface area contributed by atoms with Gasteiger partial charge in [0.25, 0.3) is 5.91 Å². The van der Waals surface area contributed by atoms with Gasteiger partial charge in [-0.05, 0) is 63.5 Å². The Balaban J connectivity index is 0.000000368. The summed E-state index contributed by atoms with van der Waals surface area (Å²) in [6.07, 6.45) is 4.64. The summed E-state index contributed by atoms with van der Waals surface area (Å²) in [7, 11) is 0. The number of aromatic nitrogens is 1. The van der Waals surface area contributed by atoms with Gasteiger partial charge in [0.05, 0.1) is 0 Å². The minimum Gasteiger partial charge on any atom is -0.478 e. The number of rotatable bonds is 5. The Morgan fingerprint density at radius 3 is 2.42 bits per heavy atom. The average Bonchev–Trinajstić information content (AvgIpc) is 3.39. The normalized spacial score (nSPS) is 20.1. The Bertz CT molecular complexity index is 1410. The maximum Gasteiger partial charge on any atom is 0.328 e. The maximum absolute atomic E-state index is 13.7. The molecule has 5 rings (SSSR count). The van der Waals surface area contributed by atoms with Gasteiger partial charge >= 0.3 is 11.9 Å². The summed E-state index contributed by atoms with van der Waals surface area (Å²) in [5, 5.41) is 34.2. The van der Waals surface area contributed by atoms with Gasteiger partial charge in [-0.3, -0.25) is 9.69 Å². The van der Waals surface area contributed by atoms with E-state index in [4.69, 9.17) is 14.7 Å². The number of carbonyl (C=O) groups excluding carboxylic acids is 1. The van der Waals surface area contributed by atoms with Crippen LogP contribution in [0.25, 0.3) is 22.2 Å². The van der Waals surface area contributed by atoms with Crippen LogP contribution >= 0.6 is 0 Å². The minimum atomic E-state index is -1.54. The molecular formula is C27H28FN3O7. The van der Waals surface area contributed by atoms with Crippen molar-refractivity contribution >= 4 is 28.8 Å². The van der Waals surface area contributed by atoms with Crippen molar-refractivity contribution in [3.63, 3.8) is 0 Å². The van der Waals surface area contributed by atoms with Crippen molar-refractivity contribution in [3.8, 4) is 11.3 Å². The van der Waals surface area contributed by atoms with Crippen molar-refractivity contribution in [2.24, 2.45) is 0 Å². The zero-order valence-electron chi connectivity index (χ0n) is 20.9. The highest BCUT2D eigenvalue weighted by atomic mass is 19.1. The van der Waals surface area contributed by atoms with Crippen LogP contribution in [0.5, 0.6) is 0 Å². The van der Waals surface area contributed by atoms with Crippen molar-refractivity contribution in [1.82, 2.24) is 15.4 Å². The second-order valence-corrected chi connectivity index (χ2v) is 9.43. The van der Waals surface area contributed by atoms with Crippen LogP contribution in [0.3, 0.4) is 0 Å². The molecule has 200 valence electrons. The molecule has 2 unspecified atom stereocenters. The van der Waals surface area contributed by atoms with Crippen LogP contribution in [0.2, 0.25) is 0 Å². The SMILES string of the molecule is CC(c1ccc2c(c1-c1noc3cc(F)ccc13)C(C)(O)NC2=O)N1CCCCC1.O=C(O)C=CC(=O)O. The zero-order chi connectivity index (χ0) is 27.6. The number of benzene rings is 2. The van der Waals surface area contributed by atoms with Crippen LogP contribution in [-0.2, 0) is 15.3 Å². The third kappa shape index (κ3) is 5.43. The summed E-state index contributed by atoms with van der Waals surface area (Å²) < 4.78 is 19.1. The first-order chi connectivity index (χ1) is 18.0. The number of carboxylic acids is 2. The summed E-state index contributed by atoms with van der Waals surface area (Å²) in [4.78, 5) is 34.0. The van der Waals surface area contributed by atoms with Crippen molar-refractivity contribution in [2.75, 3.05) is 13.1 Å². The quantitative estimate of drug-likeness (QED) is 0.364. The van der Waals surface area contributed by atoms with E-state index in [9.17, 15) is 23.9 Å². The van der Waals surface area contributed by atoms with Crippen LogP contribution in [0, 0.1) is 5.82 Å². The molecule has 2 aliphatic rings. The van der Waals surface area contributed by atoms with Crippen LogP contribution in [0.4, 0.5) is 4.39 Å². The highest BCUT2D eigenvalue weighted by molar-refractivity contribution is 6.04. The number of hydrogen-bond acceptors (Lipinski definition) is 7. The third-order valence-corrected chi connectivity index (χ3v) is 6.75. The predicted molar refractivity (Wildman–Crippen MR) is 135 cm³/mol. The van der Waals surface area contributed by atoms with E-state index in [1.807, 2.05) is 6.07 Å². The van der Waals surface area contributed by atoms with Crippen molar-refractivity contribution < 1.29 is 38.6 Å². The fourth-order valence-electron chi connectivity index (χ4n) is 5.00. The van der Waals surface area contributed by atoms with Crippen LogP contribution < -0.4 is 5.32 Å². The molecule has 3 aromatic rings. The van der Waals surface area contributed by atoms with E-state index in [1.165, 1.54) is 18.6 Å². The van der Waals surface area contributed by atoms with Crippen molar-refractivity contribution in [3.05, 3.63) is 65.0 Å². The number of likely N-dealkylation sites (tertiary alicyclic amines) is 1. The molecule has 2 atom stereocenters. The Morgan fingerprint density at radius 1 is 1.13 bits per heavy atom. The fraction of sp³-hybridized carbons (Fsp3) is 0.333. The molecule has 1 amide bonds. The Kier molecular flexibility index (Phi) is 7.61. The van der Waals surface area contributed by atoms with E-state index in [1.54, 1.807) is 19.1 Å². The molecule has 2 aliphatic heterocycles. The van der Waals surface area contributed by atoms with Gasteiger partial charge in [-0.1, -0.05) is 17.6 Å². The van der Waals surface area contributed by atoms with Gasteiger partial charge in [0.2, 0.25) is 0 Å². The van der Waals surface area contributed by atoms with Gasteiger partial charge in [-0.2, -0.15) is 0 Å². The van der Waals surface area contributed by atoms with Crippen LogP contribution in [0.15, 0.2) is 47.0 Å². The smallest absolute Gasteiger partial charge is 0.328 e. The second-order valence-electron chi connectivity index (χ2n) is 9.43. The lowest BCUT2D eigenvalue weighted by Crippen LogP contribution is -2.36. The van der Waals surface area contributed by atoms with Gasteiger partial charge in [0.15, 0.2) is 11.3 Å². The minimum absolute atomic E-state index is 0.0595. The number of piperidine rings is 1. The number of carboxylic acid groups (broad SMARTS) is 2. The zero-order valence-corrected chi connectivity index (χ0v) is 20.9. The lowest BCUT2D eigenvalue weighted by atomic mass is 9.86. The molecule has 3 heterocycles. The standard InChI is InChI=1S/C23H24FN3O3.C4H4O4/c1-13(27-10-4-3-5-11-27)15-8-9-17-20(23(2,29)25-22(17)28)19(15)21-16-7-6-14(24)12-18(16)30-26-21;5-3(6)1-2-4(7)8/h6-9,12-13,29H,3-5,10-11H2,1-2H3,(H,25,28);1-2H,(H,5,6)(H,7,8). The number of aliphatic carboxylic acids is 2. The van der Waals surface area contributed by atoms with Crippen molar-refractivity contribution in [1.29, 1.82) is 0 Å².